The number of para-hydroxylation sites is 1. The Bertz CT molecular complexity index is 427. The van der Waals surface area contributed by atoms with Crippen molar-refractivity contribution in [1.29, 1.82) is 0 Å². The Balaban J connectivity index is 2.05. The molecule has 2 rings (SSSR count). The van der Waals surface area contributed by atoms with E-state index in [1.807, 2.05) is 12.1 Å². The van der Waals surface area contributed by atoms with Crippen LogP contribution in [-0.2, 0) is 0 Å². The first-order valence-electron chi connectivity index (χ1n) is 8.36. The molecule has 118 valence electrons. The van der Waals surface area contributed by atoms with E-state index in [0.717, 1.165) is 44.4 Å². The summed E-state index contributed by atoms with van der Waals surface area (Å²) in [6, 6.07) is 8.51. The minimum Gasteiger partial charge on any atom is -0.490 e. The van der Waals surface area contributed by atoms with Crippen molar-refractivity contribution in [1.82, 2.24) is 5.32 Å². The Morgan fingerprint density at radius 3 is 2.57 bits per heavy atom. The highest BCUT2D eigenvalue weighted by Gasteiger charge is 2.30. The molecule has 1 fully saturated rings. The molecule has 21 heavy (non-hydrogen) atoms. The molecule has 1 aromatic rings. The minimum absolute atomic E-state index is 0.312. The quantitative estimate of drug-likeness (QED) is 0.802. The minimum atomic E-state index is -0.634. The lowest BCUT2D eigenvalue weighted by Gasteiger charge is -2.32. The summed E-state index contributed by atoms with van der Waals surface area (Å²) >= 11 is 0. The lowest BCUT2D eigenvalue weighted by molar-refractivity contribution is -0.0342. The molecule has 0 aromatic heterocycles. The van der Waals surface area contributed by atoms with Gasteiger partial charge < -0.3 is 15.2 Å². The van der Waals surface area contributed by atoms with E-state index >= 15 is 0 Å². The molecule has 0 heterocycles. The first kappa shape index (κ1) is 16.3. The standard InChI is InChI=1S/C18H29NO2/c1-3-16(19-4-2)15-10-6-7-11-17(15)21-14-18(20)12-8-5-9-13-18/h6-7,10-11,16,19-20H,3-5,8-9,12-14H2,1-2H3. The molecule has 1 atom stereocenters. The molecule has 0 amide bonds. The lowest BCUT2D eigenvalue weighted by atomic mass is 9.85. The third-order valence-corrected chi connectivity index (χ3v) is 4.43. The summed E-state index contributed by atoms with van der Waals surface area (Å²) in [5, 5.41) is 14.1. The number of hydrogen-bond acceptors (Lipinski definition) is 3. The molecule has 3 heteroatoms. The fraction of sp³-hybridized carbons (Fsp3) is 0.667. The maximum atomic E-state index is 10.6. The van der Waals surface area contributed by atoms with E-state index in [0.29, 0.717) is 12.6 Å². The van der Waals surface area contributed by atoms with Crippen molar-refractivity contribution in [2.24, 2.45) is 0 Å². The van der Waals surface area contributed by atoms with Crippen LogP contribution in [0.5, 0.6) is 5.75 Å². The molecule has 1 aliphatic carbocycles. The van der Waals surface area contributed by atoms with Crippen molar-refractivity contribution in [2.45, 2.75) is 64.0 Å². The van der Waals surface area contributed by atoms with Gasteiger partial charge in [0.2, 0.25) is 0 Å². The topological polar surface area (TPSA) is 41.5 Å². The highest BCUT2D eigenvalue weighted by Crippen LogP contribution is 2.31. The highest BCUT2D eigenvalue weighted by molar-refractivity contribution is 5.36. The van der Waals surface area contributed by atoms with Gasteiger partial charge in [0.05, 0.1) is 5.60 Å². The van der Waals surface area contributed by atoms with Gasteiger partial charge in [0.1, 0.15) is 12.4 Å². The molecular formula is C18H29NO2. The average Bonchev–Trinajstić information content (AvgIpc) is 2.52. The largest absolute Gasteiger partial charge is 0.490 e. The second kappa shape index (κ2) is 7.81. The van der Waals surface area contributed by atoms with Crippen LogP contribution in [0.25, 0.3) is 0 Å². The van der Waals surface area contributed by atoms with Gasteiger partial charge in [-0.1, -0.05) is 51.3 Å². The first-order valence-corrected chi connectivity index (χ1v) is 8.36. The van der Waals surface area contributed by atoms with Crippen LogP contribution < -0.4 is 10.1 Å². The van der Waals surface area contributed by atoms with Crippen molar-refractivity contribution in [2.75, 3.05) is 13.2 Å². The van der Waals surface area contributed by atoms with Gasteiger partial charge in [-0.3, -0.25) is 0 Å². The van der Waals surface area contributed by atoms with Gasteiger partial charge in [0, 0.05) is 11.6 Å². The van der Waals surface area contributed by atoms with Gasteiger partial charge in [-0.25, -0.2) is 0 Å². The van der Waals surface area contributed by atoms with Crippen LogP contribution in [0.15, 0.2) is 24.3 Å². The third kappa shape index (κ3) is 4.45. The van der Waals surface area contributed by atoms with E-state index < -0.39 is 5.60 Å². The van der Waals surface area contributed by atoms with Crippen LogP contribution in [-0.4, -0.2) is 23.9 Å². The van der Waals surface area contributed by atoms with Gasteiger partial charge in [-0.05, 0) is 31.9 Å². The molecule has 1 aromatic carbocycles. The van der Waals surface area contributed by atoms with E-state index in [1.165, 1.54) is 12.0 Å². The van der Waals surface area contributed by atoms with E-state index in [4.69, 9.17) is 4.74 Å². The average molecular weight is 291 g/mol. The van der Waals surface area contributed by atoms with Crippen molar-refractivity contribution in [3.63, 3.8) is 0 Å². The van der Waals surface area contributed by atoms with Crippen molar-refractivity contribution in [3.05, 3.63) is 29.8 Å². The highest BCUT2D eigenvalue weighted by atomic mass is 16.5. The van der Waals surface area contributed by atoms with Crippen molar-refractivity contribution < 1.29 is 9.84 Å². The van der Waals surface area contributed by atoms with Crippen molar-refractivity contribution >= 4 is 0 Å². The zero-order chi connectivity index (χ0) is 15.1. The Labute approximate surface area is 128 Å². The van der Waals surface area contributed by atoms with Gasteiger partial charge in [0.25, 0.3) is 0 Å². The summed E-state index contributed by atoms with van der Waals surface area (Å²) in [6.07, 6.45) is 6.20. The maximum absolute atomic E-state index is 10.6. The van der Waals surface area contributed by atoms with Crippen LogP contribution in [0, 0.1) is 0 Å². The number of nitrogens with one attached hydrogen (secondary N) is 1. The molecular weight excluding hydrogens is 262 g/mol. The fourth-order valence-corrected chi connectivity index (χ4v) is 3.19. The monoisotopic (exact) mass is 291 g/mol. The molecule has 1 unspecified atom stereocenters. The maximum Gasteiger partial charge on any atom is 0.124 e. The van der Waals surface area contributed by atoms with Crippen LogP contribution in [0.3, 0.4) is 0 Å². The van der Waals surface area contributed by atoms with Crippen LogP contribution in [0.2, 0.25) is 0 Å². The van der Waals surface area contributed by atoms with Gasteiger partial charge in [-0.15, -0.1) is 0 Å². The first-order chi connectivity index (χ1) is 10.2. The fourth-order valence-electron chi connectivity index (χ4n) is 3.19. The summed E-state index contributed by atoms with van der Waals surface area (Å²) in [5.74, 6) is 0.907. The molecule has 0 radical (unpaired) electrons. The Morgan fingerprint density at radius 2 is 1.90 bits per heavy atom. The summed E-state index contributed by atoms with van der Waals surface area (Å²) in [7, 11) is 0. The summed E-state index contributed by atoms with van der Waals surface area (Å²) in [4.78, 5) is 0. The Kier molecular flexibility index (Phi) is 6.07. The number of hydrogen-bond donors (Lipinski definition) is 2. The molecule has 1 saturated carbocycles. The smallest absolute Gasteiger partial charge is 0.124 e. The molecule has 2 N–H and O–H groups in total. The second-order valence-electron chi connectivity index (χ2n) is 6.13. The molecule has 0 bridgehead atoms. The molecule has 0 spiro atoms. The SMILES string of the molecule is CCNC(CC)c1ccccc1OCC1(O)CCCCC1. The zero-order valence-electron chi connectivity index (χ0n) is 13.4. The summed E-state index contributed by atoms with van der Waals surface area (Å²) < 4.78 is 6.02. The molecule has 1 aliphatic rings. The lowest BCUT2D eigenvalue weighted by Crippen LogP contribution is -2.38. The number of ether oxygens (including phenoxy) is 1. The van der Waals surface area contributed by atoms with Crippen LogP contribution in [0.4, 0.5) is 0 Å². The van der Waals surface area contributed by atoms with Crippen molar-refractivity contribution in [3.8, 4) is 5.75 Å². The molecule has 0 aliphatic heterocycles. The number of rotatable bonds is 7. The predicted molar refractivity (Wildman–Crippen MR) is 86.7 cm³/mol. The summed E-state index contributed by atoms with van der Waals surface area (Å²) in [5.41, 5.74) is 0.562. The van der Waals surface area contributed by atoms with E-state index in [1.54, 1.807) is 0 Å². The second-order valence-corrected chi connectivity index (χ2v) is 6.13. The van der Waals surface area contributed by atoms with E-state index in [-0.39, 0.29) is 0 Å². The number of benzene rings is 1. The normalized spacial score (nSPS) is 19.2. The van der Waals surface area contributed by atoms with Crippen LogP contribution in [0.1, 0.15) is 64.0 Å². The Hall–Kier alpha value is -1.06. The van der Waals surface area contributed by atoms with Gasteiger partial charge in [0.15, 0.2) is 0 Å². The van der Waals surface area contributed by atoms with Gasteiger partial charge >= 0.3 is 0 Å². The van der Waals surface area contributed by atoms with E-state index in [9.17, 15) is 5.11 Å². The van der Waals surface area contributed by atoms with E-state index in [2.05, 4.69) is 31.3 Å². The predicted octanol–water partition coefficient (Wildman–Crippen LogP) is 3.82. The molecule has 0 saturated heterocycles. The third-order valence-electron chi connectivity index (χ3n) is 4.43. The zero-order valence-corrected chi connectivity index (χ0v) is 13.4. The Morgan fingerprint density at radius 1 is 1.19 bits per heavy atom. The molecule has 3 nitrogen and oxygen atoms in total. The van der Waals surface area contributed by atoms with Gasteiger partial charge in [-0.2, -0.15) is 0 Å². The van der Waals surface area contributed by atoms with Crippen LogP contribution >= 0.6 is 0 Å². The summed E-state index contributed by atoms with van der Waals surface area (Å²) in [6.45, 7) is 5.65. The number of aliphatic hydroxyl groups is 1.